The van der Waals surface area contributed by atoms with Crippen LogP contribution in [0, 0.1) is 5.92 Å². The van der Waals surface area contributed by atoms with E-state index in [1.165, 1.54) is 12.8 Å². The summed E-state index contributed by atoms with van der Waals surface area (Å²) >= 11 is 0. The zero-order valence-corrected chi connectivity index (χ0v) is 10.9. The Morgan fingerprint density at radius 1 is 1.41 bits per heavy atom. The Hall–Kier alpha value is -0.610. The van der Waals surface area contributed by atoms with Crippen molar-refractivity contribution in [2.45, 2.75) is 51.1 Å². The van der Waals surface area contributed by atoms with Crippen molar-refractivity contribution in [2.75, 3.05) is 19.6 Å². The van der Waals surface area contributed by atoms with E-state index < -0.39 is 11.5 Å². The second-order valence-corrected chi connectivity index (χ2v) is 5.84. The molecule has 2 N–H and O–H groups in total. The second-order valence-electron chi connectivity index (χ2n) is 5.84. The van der Waals surface area contributed by atoms with Gasteiger partial charge in [-0.25, -0.2) is 0 Å². The number of hydrogen-bond donors (Lipinski definition) is 2. The quantitative estimate of drug-likeness (QED) is 0.761. The Morgan fingerprint density at radius 2 is 2.00 bits per heavy atom. The average Bonchev–Trinajstić information content (AvgIpc) is 3.10. The fourth-order valence-corrected chi connectivity index (χ4v) is 2.55. The third-order valence-corrected chi connectivity index (χ3v) is 4.22. The van der Waals surface area contributed by atoms with E-state index in [9.17, 15) is 9.90 Å². The molecule has 0 atom stereocenters. The van der Waals surface area contributed by atoms with Crippen LogP contribution in [0.3, 0.4) is 0 Å². The molecule has 0 aromatic carbocycles. The highest BCUT2D eigenvalue weighted by atomic mass is 16.4. The molecule has 0 aromatic heterocycles. The van der Waals surface area contributed by atoms with E-state index in [-0.39, 0.29) is 0 Å². The van der Waals surface area contributed by atoms with Gasteiger partial charge in [0.05, 0.1) is 0 Å². The number of carbonyl (C=O) groups is 1. The molecule has 2 aliphatic rings. The van der Waals surface area contributed by atoms with E-state index in [1.54, 1.807) is 0 Å². The summed E-state index contributed by atoms with van der Waals surface area (Å²) in [6.07, 6.45) is 3.99. The first-order valence-electron chi connectivity index (χ1n) is 6.76. The Balaban J connectivity index is 1.91. The maximum Gasteiger partial charge on any atom is 0.323 e. The molecule has 1 saturated heterocycles. The molecular formula is C13H24N2O2. The van der Waals surface area contributed by atoms with Gasteiger partial charge in [0, 0.05) is 19.1 Å². The van der Waals surface area contributed by atoms with Gasteiger partial charge in [-0.3, -0.25) is 4.79 Å². The number of piperidine rings is 1. The molecule has 1 heterocycles. The molecule has 1 aliphatic heterocycles. The molecular weight excluding hydrogens is 216 g/mol. The Morgan fingerprint density at radius 3 is 2.41 bits per heavy atom. The summed E-state index contributed by atoms with van der Waals surface area (Å²) in [5.74, 6) is 0.0657. The van der Waals surface area contributed by atoms with Gasteiger partial charge >= 0.3 is 5.97 Å². The van der Waals surface area contributed by atoms with Crippen LogP contribution in [-0.4, -0.2) is 47.2 Å². The largest absolute Gasteiger partial charge is 0.480 e. The van der Waals surface area contributed by atoms with E-state index in [0.29, 0.717) is 6.04 Å². The molecule has 1 saturated carbocycles. The molecule has 0 aromatic rings. The maximum atomic E-state index is 11.5. The van der Waals surface area contributed by atoms with Gasteiger partial charge in [0.25, 0.3) is 0 Å². The first-order valence-corrected chi connectivity index (χ1v) is 6.76. The van der Waals surface area contributed by atoms with Crippen molar-refractivity contribution in [1.29, 1.82) is 0 Å². The van der Waals surface area contributed by atoms with Crippen LogP contribution in [0.15, 0.2) is 0 Å². The molecule has 1 aliphatic carbocycles. The van der Waals surface area contributed by atoms with Crippen LogP contribution in [0.5, 0.6) is 0 Å². The van der Waals surface area contributed by atoms with E-state index in [1.807, 2.05) is 0 Å². The highest BCUT2D eigenvalue weighted by Gasteiger charge is 2.42. The van der Waals surface area contributed by atoms with E-state index in [4.69, 9.17) is 0 Å². The number of nitrogens with one attached hydrogen (secondary N) is 1. The molecule has 0 bridgehead atoms. The van der Waals surface area contributed by atoms with Gasteiger partial charge in [-0.1, -0.05) is 0 Å². The third-order valence-electron chi connectivity index (χ3n) is 4.22. The van der Waals surface area contributed by atoms with Gasteiger partial charge in [0.2, 0.25) is 0 Å². The van der Waals surface area contributed by atoms with Crippen LogP contribution in [0.25, 0.3) is 0 Å². The third kappa shape index (κ3) is 2.99. The SMILES string of the molecule is CC(C)N1CCC(NCC2CC2)(C(=O)O)CC1. The van der Waals surface area contributed by atoms with Crippen LogP contribution in [-0.2, 0) is 4.79 Å². The predicted octanol–water partition coefficient (Wildman–Crippen LogP) is 1.31. The van der Waals surface area contributed by atoms with Crippen molar-refractivity contribution in [2.24, 2.45) is 5.92 Å². The first kappa shape index (κ1) is 12.8. The van der Waals surface area contributed by atoms with Crippen LogP contribution in [0.2, 0.25) is 0 Å². The average molecular weight is 240 g/mol. The zero-order chi connectivity index (χ0) is 12.5. The van der Waals surface area contributed by atoms with Gasteiger partial charge in [0.15, 0.2) is 0 Å². The molecule has 98 valence electrons. The maximum absolute atomic E-state index is 11.5. The van der Waals surface area contributed by atoms with Crippen molar-refractivity contribution in [3.8, 4) is 0 Å². The zero-order valence-electron chi connectivity index (χ0n) is 10.9. The van der Waals surface area contributed by atoms with Gasteiger partial charge < -0.3 is 15.3 Å². The van der Waals surface area contributed by atoms with Gasteiger partial charge in [-0.2, -0.15) is 0 Å². The van der Waals surface area contributed by atoms with Crippen LogP contribution >= 0.6 is 0 Å². The number of hydrogen-bond acceptors (Lipinski definition) is 3. The molecule has 0 spiro atoms. The molecule has 0 unspecified atom stereocenters. The number of carboxylic acids is 1. The fraction of sp³-hybridized carbons (Fsp3) is 0.923. The summed E-state index contributed by atoms with van der Waals surface area (Å²) < 4.78 is 0. The van der Waals surface area contributed by atoms with Crippen molar-refractivity contribution in [1.82, 2.24) is 10.2 Å². The highest BCUT2D eigenvalue weighted by Crippen LogP contribution is 2.30. The minimum atomic E-state index is -0.665. The summed E-state index contributed by atoms with van der Waals surface area (Å²) in [7, 11) is 0. The minimum absolute atomic E-state index is 0.519. The van der Waals surface area contributed by atoms with Crippen LogP contribution in [0.4, 0.5) is 0 Å². The smallest absolute Gasteiger partial charge is 0.323 e. The lowest BCUT2D eigenvalue weighted by molar-refractivity contribution is -0.147. The summed E-state index contributed by atoms with van der Waals surface area (Å²) in [4.78, 5) is 13.9. The summed E-state index contributed by atoms with van der Waals surface area (Å²) in [6.45, 7) is 7.01. The minimum Gasteiger partial charge on any atom is -0.480 e. The number of likely N-dealkylation sites (tertiary alicyclic amines) is 1. The monoisotopic (exact) mass is 240 g/mol. The summed E-state index contributed by atoms with van der Waals surface area (Å²) in [5.41, 5.74) is -0.659. The molecule has 0 amide bonds. The lowest BCUT2D eigenvalue weighted by Gasteiger charge is -2.41. The molecule has 4 heteroatoms. The van der Waals surface area contributed by atoms with Crippen molar-refractivity contribution in [3.63, 3.8) is 0 Å². The molecule has 4 nitrogen and oxygen atoms in total. The van der Waals surface area contributed by atoms with Crippen LogP contribution in [0.1, 0.15) is 39.5 Å². The standard InChI is InChI=1S/C13H24N2O2/c1-10(2)15-7-5-13(6-8-15,12(16)17)14-9-11-3-4-11/h10-11,14H,3-9H2,1-2H3,(H,16,17). The first-order chi connectivity index (χ1) is 8.03. The number of aliphatic carboxylic acids is 1. The van der Waals surface area contributed by atoms with E-state index >= 15 is 0 Å². The summed E-state index contributed by atoms with van der Waals surface area (Å²) in [5, 5.41) is 12.8. The number of carboxylic acid groups (broad SMARTS) is 1. The van der Waals surface area contributed by atoms with Gasteiger partial charge in [-0.05, 0) is 52.0 Å². The van der Waals surface area contributed by atoms with Crippen molar-refractivity contribution < 1.29 is 9.90 Å². The fourth-order valence-electron chi connectivity index (χ4n) is 2.55. The Kier molecular flexibility index (Phi) is 3.73. The Labute approximate surface area is 103 Å². The molecule has 2 rings (SSSR count). The van der Waals surface area contributed by atoms with E-state index in [2.05, 4.69) is 24.1 Å². The Bertz CT molecular complexity index is 279. The predicted molar refractivity (Wildman–Crippen MR) is 67.0 cm³/mol. The topological polar surface area (TPSA) is 52.6 Å². The second kappa shape index (κ2) is 4.94. The van der Waals surface area contributed by atoms with Crippen LogP contribution < -0.4 is 5.32 Å². The van der Waals surface area contributed by atoms with E-state index in [0.717, 1.165) is 38.4 Å². The normalized spacial score (nSPS) is 25.1. The van der Waals surface area contributed by atoms with Crippen molar-refractivity contribution in [3.05, 3.63) is 0 Å². The highest BCUT2D eigenvalue weighted by molar-refractivity contribution is 5.79. The van der Waals surface area contributed by atoms with Gasteiger partial charge in [0.1, 0.15) is 5.54 Å². The number of nitrogens with zero attached hydrogens (tertiary/aromatic N) is 1. The lowest BCUT2D eigenvalue weighted by Crippen LogP contribution is -2.59. The van der Waals surface area contributed by atoms with Gasteiger partial charge in [-0.15, -0.1) is 0 Å². The molecule has 17 heavy (non-hydrogen) atoms. The molecule has 2 fully saturated rings. The lowest BCUT2D eigenvalue weighted by atomic mass is 9.87. The van der Waals surface area contributed by atoms with Crippen molar-refractivity contribution >= 4 is 5.97 Å². The summed E-state index contributed by atoms with van der Waals surface area (Å²) in [6, 6.07) is 0.519. The number of rotatable bonds is 5. The molecule has 0 radical (unpaired) electrons.